The van der Waals surface area contributed by atoms with E-state index in [9.17, 15) is 0 Å². The predicted octanol–water partition coefficient (Wildman–Crippen LogP) is 4.00. The molecule has 0 atom stereocenters. The third-order valence-electron chi connectivity index (χ3n) is 5.70. The Morgan fingerprint density at radius 2 is 1.12 bits per heavy atom. The fourth-order valence-electron chi connectivity index (χ4n) is 5.40. The maximum atomic E-state index is 8.92. The minimum absolute atomic E-state index is 0.318. The highest BCUT2D eigenvalue weighted by molar-refractivity contribution is 8.04. The van der Waals surface area contributed by atoms with E-state index >= 15 is 0 Å². The van der Waals surface area contributed by atoms with E-state index in [0.29, 0.717) is 22.7 Å². The quantitative estimate of drug-likeness (QED) is 0.476. The van der Waals surface area contributed by atoms with Gasteiger partial charge in [-0.1, -0.05) is 0 Å². The summed E-state index contributed by atoms with van der Waals surface area (Å²) in [6.07, 6.45) is 8.84. The molecule has 4 aliphatic rings. The lowest BCUT2D eigenvalue weighted by Gasteiger charge is -2.61. The Hall–Kier alpha value is 1.32. The van der Waals surface area contributed by atoms with Gasteiger partial charge in [0, 0.05) is 44.0 Å². The first-order chi connectivity index (χ1) is 11.7. The highest BCUT2D eigenvalue weighted by atomic mass is 32.2. The van der Waals surface area contributed by atoms with Gasteiger partial charge in [-0.25, -0.2) is 0 Å². The average molecular weight is 409 g/mol. The Balaban J connectivity index is 1.50. The lowest BCUT2D eigenvalue weighted by Crippen LogP contribution is -2.56. The molecular formula is C18H32O2S4. The smallest absolute Gasteiger partial charge is 0.0521 e. The Morgan fingerprint density at radius 1 is 0.667 bits per heavy atom. The zero-order valence-corrected chi connectivity index (χ0v) is 17.8. The lowest BCUT2D eigenvalue weighted by atomic mass is 9.55. The van der Waals surface area contributed by atoms with Gasteiger partial charge in [-0.05, 0) is 50.4 Å². The van der Waals surface area contributed by atoms with E-state index in [1.54, 1.807) is 0 Å². The number of rotatable bonds is 12. The molecule has 0 unspecified atom stereocenters. The van der Waals surface area contributed by atoms with E-state index in [0.717, 1.165) is 23.3 Å². The molecule has 0 aliphatic heterocycles. The molecule has 0 spiro atoms. The zero-order valence-electron chi connectivity index (χ0n) is 14.6. The summed E-state index contributed by atoms with van der Waals surface area (Å²) >= 11 is 8.36. The van der Waals surface area contributed by atoms with Crippen LogP contribution in [0.1, 0.15) is 38.5 Å². The molecule has 0 saturated heterocycles. The molecule has 6 heteroatoms. The van der Waals surface area contributed by atoms with Gasteiger partial charge in [-0.2, -0.15) is 47.0 Å². The lowest BCUT2D eigenvalue weighted by molar-refractivity contribution is 0.0576. The number of aliphatic hydroxyl groups is 2. The van der Waals surface area contributed by atoms with Gasteiger partial charge in [-0.3, -0.25) is 0 Å². The molecule has 0 aromatic heterocycles. The summed E-state index contributed by atoms with van der Waals surface area (Å²) < 4.78 is 1.16. The van der Waals surface area contributed by atoms with Crippen LogP contribution in [0.3, 0.4) is 0 Å². The zero-order chi connectivity index (χ0) is 16.9. The predicted molar refractivity (Wildman–Crippen MR) is 114 cm³/mol. The molecule has 4 rings (SSSR count). The molecule has 0 aromatic carbocycles. The van der Waals surface area contributed by atoms with Crippen LogP contribution in [0.25, 0.3) is 0 Å². The maximum Gasteiger partial charge on any atom is 0.0521 e. The van der Waals surface area contributed by atoms with Crippen molar-refractivity contribution >= 4 is 47.0 Å². The summed E-state index contributed by atoms with van der Waals surface area (Å²) in [5, 5.41) is 17.8. The molecule has 0 aromatic rings. The number of thioether (sulfide) groups is 4. The van der Waals surface area contributed by atoms with Crippen molar-refractivity contribution in [1.82, 2.24) is 0 Å². The van der Waals surface area contributed by atoms with Crippen LogP contribution in [0, 0.1) is 11.8 Å². The van der Waals surface area contributed by atoms with Gasteiger partial charge in [-0.15, -0.1) is 0 Å². The molecule has 4 fully saturated rings. The standard InChI is InChI=1S/C18H32O2S4/c19-1-3-21-5-7-23-17-10-15-9-16(11-17)13-18(12-15,14-17)24-8-6-22-4-2-20/h15-16,19-20H,1-14H2. The van der Waals surface area contributed by atoms with E-state index in [1.165, 1.54) is 61.5 Å². The van der Waals surface area contributed by atoms with E-state index in [1.807, 2.05) is 23.5 Å². The van der Waals surface area contributed by atoms with Crippen LogP contribution < -0.4 is 0 Å². The van der Waals surface area contributed by atoms with Crippen LogP contribution in [0.4, 0.5) is 0 Å². The molecule has 4 bridgehead atoms. The van der Waals surface area contributed by atoms with Crippen molar-refractivity contribution < 1.29 is 10.2 Å². The normalized spacial score (nSPS) is 37.2. The third kappa shape index (κ3) is 5.19. The van der Waals surface area contributed by atoms with Crippen molar-refractivity contribution in [3.8, 4) is 0 Å². The van der Waals surface area contributed by atoms with Crippen molar-refractivity contribution in [3.05, 3.63) is 0 Å². The van der Waals surface area contributed by atoms with Crippen LogP contribution in [0.5, 0.6) is 0 Å². The van der Waals surface area contributed by atoms with Crippen LogP contribution in [0.2, 0.25) is 0 Å². The number of hydrogen-bond acceptors (Lipinski definition) is 6. The minimum atomic E-state index is 0.318. The second-order valence-corrected chi connectivity index (χ2v) is 13.3. The summed E-state index contributed by atoms with van der Waals surface area (Å²) in [6.45, 7) is 0.636. The molecular weight excluding hydrogens is 376 g/mol. The Kier molecular flexibility index (Phi) is 7.94. The van der Waals surface area contributed by atoms with E-state index in [2.05, 4.69) is 23.5 Å². The second kappa shape index (κ2) is 9.50. The van der Waals surface area contributed by atoms with Crippen LogP contribution in [-0.4, -0.2) is 67.4 Å². The molecule has 0 radical (unpaired) electrons. The first kappa shape index (κ1) is 20.1. The monoisotopic (exact) mass is 408 g/mol. The average Bonchev–Trinajstić information content (AvgIpc) is 2.53. The van der Waals surface area contributed by atoms with Crippen molar-refractivity contribution in [2.75, 3.05) is 47.7 Å². The third-order valence-corrected chi connectivity index (χ3v) is 11.1. The highest BCUT2D eigenvalue weighted by Crippen LogP contribution is 2.65. The van der Waals surface area contributed by atoms with Gasteiger partial charge in [0.05, 0.1) is 13.2 Å². The Morgan fingerprint density at radius 3 is 1.54 bits per heavy atom. The fraction of sp³-hybridized carbons (Fsp3) is 1.00. The largest absolute Gasteiger partial charge is 0.396 e. The van der Waals surface area contributed by atoms with Gasteiger partial charge < -0.3 is 10.2 Å². The van der Waals surface area contributed by atoms with Crippen molar-refractivity contribution in [1.29, 1.82) is 0 Å². The van der Waals surface area contributed by atoms with Crippen molar-refractivity contribution in [2.24, 2.45) is 11.8 Å². The number of hydrogen-bond donors (Lipinski definition) is 2. The van der Waals surface area contributed by atoms with Crippen molar-refractivity contribution in [3.63, 3.8) is 0 Å². The maximum absolute atomic E-state index is 8.92. The van der Waals surface area contributed by atoms with Gasteiger partial charge in [0.15, 0.2) is 0 Å². The molecule has 0 amide bonds. The topological polar surface area (TPSA) is 40.5 Å². The van der Waals surface area contributed by atoms with E-state index in [-0.39, 0.29) is 0 Å². The van der Waals surface area contributed by atoms with Crippen LogP contribution >= 0.6 is 47.0 Å². The van der Waals surface area contributed by atoms with Gasteiger partial charge in [0.1, 0.15) is 0 Å². The summed E-state index contributed by atoms with van der Waals surface area (Å²) in [7, 11) is 0. The van der Waals surface area contributed by atoms with Gasteiger partial charge in [0.2, 0.25) is 0 Å². The second-order valence-electron chi connectivity index (χ2n) is 7.70. The number of aliphatic hydroxyl groups excluding tert-OH is 2. The van der Waals surface area contributed by atoms with E-state index in [4.69, 9.17) is 10.2 Å². The van der Waals surface area contributed by atoms with Gasteiger partial charge >= 0.3 is 0 Å². The van der Waals surface area contributed by atoms with Crippen LogP contribution in [0.15, 0.2) is 0 Å². The molecule has 0 heterocycles. The summed E-state index contributed by atoms with van der Waals surface area (Å²) in [5.41, 5.74) is 0. The SMILES string of the molecule is OCCSCCSC12CC3CC(C1)CC(SCCSCCO)(C3)C2. The fourth-order valence-corrected chi connectivity index (χ4v) is 10.8. The first-order valence-electron chi connectivity index (χ1n) is 9.34. The highest BCUT2D eigenvalue weighted by Gasteiger charge is 2.57. The van der Waals surface area contributed by atoms with Gasteiger partial charge in [0.25, 0.3) is 0 Å². The molecule has 2 N–H and O–H groups in total. The van der Waals surface area contributed by atoms with Crippen LogP contribution in [-0.2, 0) is 0 Å². The van der Waals surface area contributed by atoms with Crippen molar-refractivity contribution in [2.45, 2.75) is 48.0 Å². The summed E-state index contributed by atoms with van der Waals surface area (Å²) in [4.78, 5) is 0. The molecule has 4 saturated carbocycles. The summed E-state index contributed by atoms with van der Waals surface area (Å²) in [6, 6.07) is 0. The first-order valence-corrected chi connectivity index (χ1v) is 13.6. The minimum Gasteiger partial charge on any atom is -0.396 e. The van der Waals surface area contributed by atoms with E-state index < -0.39 is 0 Å². The molecule has 4 aliphatic carbocycles. The molecule has 140 valence electrons. The summed E-state index contributed by atoms with van der Waals surface area (Å²) in [5.74, 6) is 8.67. The Bertz CT molecular complexity index is 347. The molecule has 24 heavy (non-hydrogen) atoms. The molecule has 2 nitrogen and oxygen atoms in total. The Labute approximate surface area is 164 Å².